The first-order valence-corrected chi connectivity index (χ1v) is 7.65. The summed E-state index contributed by atoms with van der Waals surface area (Å²) in [6.07, 6.45) is 1.52. The number of nitrogens with two attached hydrogens (primary N) is 1. The van der Waals surface area contributed by atoms with Crippen LogP contribution in [0.1, 0.15) is 24.6 Å². The minimum absolute atomic E-state index is 0.0305. The second-order valence-corrected chi connectivity index (χ2v) is 6.45. The molecular formula is C12H14ClN3O3S. The van der Waals surface area contributed by atoms with Crippen molar-refractivity contribution in [2.45, 2.75) is 24.8 Å². The lowest BCUT2D eigenvalue weighted by atomic mass is 10.3. The van der Waals surface area contributed by atoms with Gasteiger partial charge in [0.25, 0.3) is 0 Å². The van der Waals surface area contributed by atoms with Crippen LogP contribution in [0.2, 0.25) is 5.02 Å². The standard InChI is InChI=1S/C12H14ClN3O3S/c1-7-6-15-12(19-7)8(2)16-20(17,18)11-4-3-9(13)5-10(11)14/h3-6,8,16H,14H2,1-2H3. The molecule has 1 unspecified atom stereocenters. The van der Waals surface area contributed by atoms with Gasteiger partial charge in [-0.15, -0.1) is 0 Å². The van der Waals surface area contributed by atoms with Crippen molar-refractivity contribution in [3.05, 3.63) is 41.1 Å². The van der Waals surface area contributed by atoms with Gasteiger partial charge in [-0.25, -0.2) is 13.4 Å². The summed E-state index contributed by atoms with van der Waals surface area (Å²) in [5.41, 5.74) is 5.77. The van der Waals surface area contributed by atoms with E-state index in [4.69, 9.17) is 21.8 Å². The Bertz CT molecular complexity index is 727. The van der Waals surface area contributed by atoms with Crippen molar-refractivity contribution < 1.29 is 12.8 Å². The number of halogens is 1. The van der Waals surface area contributed by atoms with Crippen LogP contribution in [0.3, 0.4) is 0 Å². The third kappa shape index (κ3) is 3.12. The van der Waals surface area contributed by atoms with E-state index in [0.29, 0.717) is 16.7 Å². The zero-order valence-corrected chi connectivity index (χ0v) is 12.5. The fraction of sp³-hybridized carbons (Fsp3) is 0.250. The SMILES string of the molecule is Cc1cnc(C(C)NS(=O)(=O)c2ccc(Cl)cc2N)o1. The smallest absolute Gasteiger partial charge is 0.243 e. The van der Waals surface area contributed by atoms with E-state index in [2.05, 4.69) is 9.71 Å². The summed E-state index contributed by atoms with van der Waals surface area (Å²) in [7, 11) is -3.78. The first kappa shape index (κ1) is 14.8. The second-order valence-electron chi connectivity index (χ2n) is 4.33. The fourth-order valence-corrected chi connectivity index (χ4v) is 3.17. The second kappa shape index (κ2) is 5.43. The van der Waals surface area contributed by atoms with Gasteiger partial charge in [-0.3, -0.25) is 0 Å². The maximum atomic E-state index is 12.3. The number of nitrogen functional groups attached to an aromatic ring is 1. The summed E-state index contributed by atoms with van der Waals surface area (Å²) in [5, 5.41) is 0.373. The van der Waals surface area contributed by atoms with Crippen LogP contribution in [0, 0.1) is 6.92 Å². The van der Waals surface area contributed by atoms with Gasteiger partial charge in [0, 0.05) is 5.02 Å². The first-order chi connectivity index (χ1) is 9.29. The van der Waals surface area contributed by atoms with E-state index in [-0.39, 0.29) is 10.6 Å². The van der Waals surface area contributed by atoms with E-state index in [9.17, 15) is 8.42 Å². The summed E-state index contributed by atoms with van der Waals surface area (Å²) in [4.78, 5) is 3.95. The number of oxazole rings is 1. The van der Waals surface area contributed by atoms with Gasteiger partial charge >= 0.3 is 0 Å². The highest BCUT2D eigenvalue weighted by molar-refractivity contribution is 7.89. The van der Waals surface area contributed by atoms with E-state index in [0.717, 1.165) is 0 Å². The van der Waals surface area contributed by atoms with Crippen molar-refractivity contribution >= 4 is 27.3 Å². The predicted molar refractivity (Wildman–Crippen MR) is 75.8 cm³/mol. The molecule has 0 aliphatic heterocycles. The molecule has 3 N–H and O–H groups in total. The van der Waals surface area contributed by atoms with Gasteiger partial charge in [0.2, 0.25) is 15.9 Å². The normalized spacial score (nSPS) is 13.3. The predicted octanol–water partition coefficient (Wildman–Crippen LogP) is 2.26. The summed E-state index contributed by atoms with van der Waals surface area (Å²) in [6, 6.07) is 3.60. The molecule has 0 saturated heterocycles. The molecule has 0 aliphatic rings. The lowest BCUT2D eigenvalue weighted by Crippen LogP contribution is -2.27. The molecule has 1 atom stereocenters. The molecule has 0 radical (unpaired) electrons. The highest BCUT2D eigenvalue weighted by atomic mass is 35.5. The third-order valence-electron chi connectivity index (χ3n) is 2.60. The molecule has 108 valence electrons. The molecule has 1 aromatic heterocycles. The molecule has 0 bridgehead atoms. The number of aryl methyl sites for hydroxylation is 1. The van der Waals surface area contributed by atoms with E-state index in [1.165, 1.54) is 24.4 Å². The van der Waals surface area contributed by atoms with E-state index in [1.807, 2.05) is 0 Å². The average Bonchev–Trinajstić information content (AvgIpc) is 2.74. The van der Waals surface area contributed by atoms with Crippen molar-refractivity contribution in [1.29, 1.82) is 0 Å². The van der Waals surface area contributed by atoms with Gasteiger partial charge in [0.05, 0.1) is 17.9 Å². The minimum Gasteiger partial charge on any atom is -0.444 e. The number of hydrogen-bond donors (Lipinski definition) is 2. The van der Waals surface area contributed by atoms with Crippen molar-refractivity contribution in [3.63, 3.8) is 0 Å². The molecule has 2 rings (SSSR count). The molecule has 20 heavy (non-hydrogen) atoms. The Hall–Kier alpha value is -1.57. The Morgan fingerprint density at radius 2 is 2.15 bits per heavy atom. The van der Waals surface area contributed by atoms with E-state index >= 15 is 0 Å². The van der Waals surface area contributed by atoms with Crippen LogP contribution in [-0.2, 0) is 10.0 Å². The Kier molecular flexibility index (Phi) is 4.03. The average molecular weight is 316 g/mol. The minimum atomic E-state index is -3.78. The molecule has 0 aliphatic carbocycles. The molecule has 1 aromatic carbocycles. The Labute approximate surface area is 122 Å². The largest absolute Gasteiger partial charge is 0.444 e. The number of nitrogens with zero attached hydrogens (tertiary/aromatic N) is 1. The van der Waals surface area contributed by atoms with Crippen molar-refractivity contribution in [2.75, 3.05) is 5.73 Å². The molecule has 0 fully saturated rings. The molecular weight excluding hydrogens is 302 g/mol. The van der Waals surface area contributed by atoms with Gasteiger partial charge < -0.3 is 10.2 Å². The van der Waals surface area contributed by atoms with Crippen molar-refractivity contribution in [3.8, 4) is 0 Å². The van der Waals surface area contributed by atoms with Crippen LogP contribution >= 0.6 is 11.6 Å². The van der Waals surface area contributed by atoms with Gasteiger partial charge in [-0.1, -0.05) is 11.6 Å². The van der Waals surface area contributed by atoms with E-state index in [1.54, 1.807) is 13.8 Å². The Balaban J connectivity index is 2.27. The van der Waals surface area contributed by atoms with Crippen molar-refractivity contribution in [1.82, 2.24) is 9.71 Å². The number of nitrogens with one attached hydrogen (secondary N) is 1. The fourth-order valence-electron chi connectivity index (χ4n) is 1.68. The molecule has 0 saturated carbocycles. The summed E-state index contributed by atoms with van der Waals surface area (Å²) in [6.45, 7) is 3.36. The quantitative estimate of drug-likeness (QED) is 0.843. The molecule has 2 aromatic rings. The number of hydrogen-bond acceptors (Lipinski definition) is 5. The number of anilines is 1. The number of benzene rings is 1. The topological polar surface area (TPSA) is 98.2 Å². The van der Waals surface area contributed by atoms with Crippen molar-refractivity contribution in [2.24, 2.45) is 0 Å². The number of sulfonamides is 1. The van der Waals surface area contributed by atoms with Crippen LogP contribution in [0.25, 0.3) is 0 Å². The summed E-state index contributed by atoms with van der Waals surface area (Å²) >= 11 is 5.75. The maximum Gasteiger partial charge on any atom is 0.243 e. The van der Waals surface area contributed by atoms with Gasteiger partial charge in [-0.05, 0) is 32.0 Å². The highest BCUT2D eigenvalue weighted by Crippen LogP contribution is 2.24. The zero-order chi connectivity index (χ0) is 14.9. The van der Waals surface area contributed by atoms with Gasteiger partial charge in [-0.2, -0.15) is 4.72 Å². The van der Waals surface area contributed by atoms with Crippen LogP contribution < -0.4 is 10.5 Å². The zero-order valence-electron chi connectivity index (χ0n) is 10.9. The monoisotopic (exact) mass is 315 g/mol. The molecule has 8 heteroatoms. The lowest BCUT2D eigenvalue weighted by Gasteiger charge is -2.12. The molecule has 0 amide bonds. The maximum absolute atomic E-state index is 12.3. The Morgan fingerprint density at radius 3 is 2.70 bits per heavy atom. The summed E-state index contributed by atoms with van der Waals surface area (Å²) < 4.78 is 32.2. The lowest BCUT2D eigenvalue weighted by molar-refractivity contribution is 0.428. The Morgan fingerprint density at radius 1 is 1.45 bits per heavy atom. The molecule has 1 heterocycles. The molecule has 6 nitrogen and oxygen atoms in total. The number of aromatic nitrogens is 1. The molecule has 0 spiro atoms. The highest BCUT2D eigenvalue weighted by Gasteiger charge is 2.23. The third-order valence-corrected chi connectivity index (χ3v) is 4.45. The van der Waals surface area contributed by atoms with E-state index < -0.39 is 16.1 Å². The summed E-state index contributed by atoms with van der Waals surface area (Å²) in [5.74, 6) is 0.899. The van der Waals surface area contributed by atoms with Crippen LogP contribution in [0.4, 0.5) is 5.69 Å². The van der Waals surface area contributed by atoms with Gasteiger partial charge in [0.15, 0.2) is 0 Å². The first-order valence-electron chi connectivity index (χ1n) is 5.79. The van der Waals surface area contributed by atoms with Crippen LogP contribution in [0.15, 0.2) is 33.7 Å². The van der Waals surface area contributed by atoms with Crippen LogP contribution in [0.5, 0.6) is 0 Å². The van der Waals surface area contributed by atoms with Crippen LogP contribution in [-0.4, -0.2) is 13.4 Å². The van der Waals surface area contributed by atoms with Gasteiger partial charge in [0.1, 0.15) is 10.7 Å². The number of rotatable bonds is 4.